The summed E-state index contributed by atoms with van der Waals surface area (Å²) in [5.41, 5.74) is 6.55. The number of allylic oxidation sites excluding steroid dienone is 4. The standard InChI is InChI=1S/C11H7NO/c13-8-9-3-1-2-4-11-10(7-9)5-6-12-11/h1-3,5-6,8,12H/b3-1-. The van der Waals surface area contributed by atoms with Crippen LogP contribution in [0.2, 0.25) is 0 Å². The van der Waals surface area contributed by atoms with Gasteiger partial charge in [0.2, 0.25) is 0 Å². The summed E-state index contributed by atoms with van der Waals surface area (Å²) in [4.78, 5) is 13.6. The molecule has 2 rings (SSSR count). The predicted octanol–water partition coefficient (Wildman–Crippen LogP) is 0.0248. The maximum Gasteiger partial charge on any atom is 0.157 e. The lowest BCUT2D eigenvalue weighted by Gasteiger charge is -1.82. The van der Waals surface area contributed by atoms with Gasteiger partial charge in [0.25, 0.3) is 0 Å². The molecule has 1 N–H and O–H groups in total. The van der Waals surface area contributed by atoms with E-state index in [0.29, 0.717) is 5.57 Å². The van der Waals surface area contributed by atoms with Crippen LogP contribution in [-0.4, -0.2) is 11.3 Å². The fourth-order valence-corrected chi connectivity index (χ4v) is 1.14. The smallest absolute Gasteiger partial charge is 0.157 e. The average molecular weight is 169 g/mol. The normalized spacial score (nSPS) is 15.5. The molecule has 0 aliphatic heterocycles. The van der Waals surface area contributed by atoms with Crippen LogP contribution >= 0.6 is 0 Å². The summed E-state index contributed by atoms with van der Waals surface area (Å²) >= 11 is 0. The zero-order chi connectivity index (χ0) is 9.10. The number of aldehydes is 1. The van der Waals surface area contributed by atoms with Crippen molar-refractivity contribution in [2.75, 3.05) is 0 Å². The van der Waals surface area contributed by atoms with Gasteiger partial charge in [-0.1, -0.05) is 17.5 Å². The van der Waals surface area contributed by atoms with Gasteiger partial charge in [-0.2, -0.15) is 0 Å². The largest absolute Gasteiger partial charge is 0.354 e. The van der Waals surface area contributed by atoms with E-state index >= 15 is 0 Å². The van der Waals surface area contributed by atoms with E-state index in [-0.39, 0.29) is 0 Å². The van der Waals surface area contributed by atoms with Gasteiger partial charge in [-0.15, -0.1) is 0 Å². The van der Waals surface area contributed by atoms with E-state index in [1.807, 2.05) is 6.07 Å². The Morgan fingerprint density at radius 2 is 2.38 bits per heavy atom. The van der Waals surface area contributed by atoms with Gasteiger partial charge in [-0.25, -0.2) is 0 Å². The molecule has 1 aliphatic carbocycles. The highest BCUT2D eigenvalue weighted by Crippen LogP contribution is 1.89. The van der Waals surface area contributed by atoms with Crippen LogP contribution < -0.4 is 10.6 Å². The maximum atomic E-state index is 10.6. The van der Waals surface area contributed by atoms with Crippen molar-refractivity contribution < 1.29 is 4.79 Å². The van der Waals surface area contributed by atoms with Crippen molar-refractivity contribution in [3.05, 3.63) is 46.6 Å². The highest BCUT2D eigenvalue weighted by molar-refractivity contribution is 5.81. The second-order valence-corrected chi connectivity index (χ2v) is 2.63. The summed E-state index contributed by atoms with van der Waals surface area (Å²) in [6, 6.07) is 1.86. The molecule has 0 radical (unpaired) electrons. The molecular weight excluding hydrogens is 162 g/mol. The van der Waals surface area contributed by atoms with E-state index in [1.165, 1.54) is 0 Å². The highest BCUT2D eigenvalue weighted by Gasteiger charge is 1.88. The minimum absolute atomic E-state index is 0.540. The van der Waals surface area contributed by atoms with Crippen molar-refractivity contribution in [2.45, 2.75) is 0 Å². The summed E-state index contributed by atoms with van der Waals surface area (Å²) in [5, 5.41) is 1.71. The molecule has 0 spiro atoms. The lowest BCUT2D eigenvalue weighted by atomic mass is 10.2. The van der Waals surface area contributed by atoms with Gasteiger partial charge in [0.1, 0.15) is 0 Å². The first-order chi connectivity index (χ1) is 6.40. The van der Waals surface area contributed by atoms with Gasteiger partial charge in [-0.3, -0.25) is 4.79 Å². The van der Waals surface area contributed by atoms with Gasteiger partial charge in [0.15, 0.2) is 6.29 Å². The Balaban J connectivity index is 2.99. The fraction of sp³-hybridized carbons (Fsp3) is 0. The van der Waals surface area contributed by atoms with E-state index in [2.05, 4.69) is 16.4 Å². The van der Waals surface area contributed by atoms with Crippen LogP contribution in [-0.2, 0) is 4.79 Å². The molecule has 2 nitrogen and oxygen atoms in total. The van der Waals surface area contributed by atoms with Crippen molar-refractivity contribution in [2.24, 2.45) is 0 Å². The highest BCUT2D eigenvalue weighted by atomic mass is 16.1. The lowest BCUT2D eigenvalue weighted by molar-refractivity contribution is -0.104. The Morgan fingerprint density at radius 3 is 3.23 bits per heavy atom. The molecule has 0 atom stereocenters. The monoisotopic (exact) mass is 169 g/mol. The lowest BCUT2D eigenvalue weighted by Crippen LogP contribution is -2.19. The molecule has 0 fully saturated rings. The third-order valence-corrected chi connectivity index (χ3v) is 1.75. The Bertz CT molecular complexity index is 547. The number of aromatic nitrogens is 1. The van der Waals surface area contributed by atoms with E-state index in [4.69, 9.17) is 0 Å². The molecule has 1 aliphatic rings. The quantitative estimate of drug-likeness (QED) is 0.591. The molecule has 0 saturated heterocycles. The predicted molar refractivity (Wildman–Crippen MR) is 50.1 cm³/mol. The summed E-state index contributed by atoms with van der Waals surface area (Å²) in [7, 11) is 0. The number of aromatic amines is 1. The number of fused-ring (bicyclic) bond motifs is 1. The molecule has 1 aromatic heterocycles. The topological polar surface area (TPSA) is 32.9 Å². The summed E-state index contributed by atoms with van der Waals surface area (Å²) in [5.74, 6) is 0. The zero-order valence-corrected chi connectivity index (χ0v) is 6.87. The Labute approximate surface area is 74.9 Å². The van der Waals surface area contributed by atoms with Gasteiger partial charge in [-0.05, 0) is 18.2 Å². The van der Waals surface area contributed by atoms with Crippen LogP contribution in [0.15, 0.2) is 36.1 Å². The summed E-state index contributed by atoms with van der Waals surface area (Å²) < 4.78 is 0. The number of nitrogens with one attached hydrogen (secondary N) is 1. The minimum Gasteiger partial charge on any atom is -0.354 e. The molecular formula is C11H7NO. The SMILES string of the molecule is O=CC1=C=c2cc[nH]c2=C=C/C=C\1. The van der Waals surface area contributed by atoms with Crippen LogP contribution in [0.4, 0.5) is 0 Å². The van der Waals surface area contributed by atoms with Crippen molar-refractivity contribution in [3.8, 4) is 0 Å². The molecule has 0 amide bonds. The third-order valence-electron chi connectivity index (χ3n) is 1.75. The summed E-state index contributed by atoms with van der Waals surface area (Å²) in [6.45, 7) is 0. The second kappa shape index (κ2) is 3.16. The number of hydrogen-bond donors (Lipinski definition) is 1. The molecule has 0 unspecified atom stereocenters. The van der Waals surface area contributed by atoms with Crippen molar-refractivity contribution in [1.82, 2.24) is 4.98 Å². The zero-order valence-electron chi connectivity index (χ0n) is 6.87. The van der Waals surface area contributed by atoms with Gasteiger partial charge in [0, 0.05) is 6.20 Å². The minimum atomic E-state index is 0.540. The second-order valence-electron chi connectivity index (χ2n) is 2.63. The van der Waals surface area contributed by atoms with E-state index in [1.54, 1.807) is 24.4 Å². The van der Waals surface area contributed by atoms with Crippen LogP contribution in [0.25, 0.3) is 11.5 Å². The number of hydrogen-bond acceptors (Lipinski definition) is 1. The molecule has 0 bridgehead atoms. The Kier molecular flexibility index (Phi) is 1.85. The third kappa shape index (κ3) is 1.45. The molecule has 0 saturated carbocycles. The van der Waals surface area contributed by atoms with E-state index in [9.17, 15) is 4.79 Å². The number of H-pyrrole nitrogens is 1. The van der Waals surface area contributed by atoms with Crippen LogP contribution in [0, 0.1) is 0 Å². The van der Waals surface area contributed by atoms with Crippen LogP contribution in [0.5, 0.6) is 0 Å². The van der Waals surface area contributed by atoms with Crippen molar-refractivity contribution in [1.29, 1.82) is 0 Å². The first-order valence-corrected chi connectivity index (χ1v) is 3.93. The molecule has 2 heteroatoms. The van der Waals surface area contributed by atoms with Crippen LogP contribution in [0.3, 0.4) is 0 Å². The molecule has 1 aromatic rings. The Hall–Kier alpha value is -2.01. The molecule has 62 valence electrons. The van der Waals surface area contributed by atoms with Gasteiger partial charge >= 0.3 is 0 Å². The van der Waals surface area contributed by atoms with Gasteiger partial charge < -0.3 is 4.98 Å². The molecule has 1 heterocycles. The van der Waals surface area contributed by atoms with Crippen molar-refractivity contribution in [3.63, 3.8) is 0 Å². The van der Waals surface area contributed by atoms with Crippen molar-refractivity contribution >= 4 is 17.7 Å². The van der Waals surface area contributed by atoms with E-state index in [0.717, 1.165) is 16.9 Å². The van der Waals surface area contributed by atoms with Crippen LogP contribution in [0.1, 0.15) is 0 Å². The Morgan fingerprint density at radius 1 is 1.46 bits per heavy atom. The number of carbonyl (C=O) groups is 1. The van der Waals surface area contributed by atoms with Gasteiger partial charge in [0.05, 0.1) is 16.1 Å². The molecule has 13 heavy (non-hydrogen) atoms. The first kappa shape index (κ1) is 7.63. The molecule has 0 aromatic carbocycles. The number of rotatable bonds is 1. The van der Waals surface area contributed by atoms with E-state index < -0.39 is 0 Å². The first-order valence-electron chi connectivity index (χ1n) is 3.93. The maximum absolute atomic E-state index is 10.6. The average Bonchev–Trinajstić information content (AvgIpc) is 2.51. The number of carbonyl (C=O) groups excluding carboxylic acids is 1. The fourth-order valence-electron chi connectivity index (χ4n) is 1.14. The summed E-state index contributed by atoms with van der Waals surface area (Å²) in [6.07, 6.45) is 7.81.